The second-order valence-electron chi connectivity index (χ2n) is 5.29. The summed E-state index contributed by atoms with van der Waals surface area (Å²) in [5, 5.41) is 13.4. The number of aliphatic carboxylic acids is 1. The van der Waals surface area contributed by atoms with Gasteiger partial charge in [-0.05, 0) is 44.7 Å². The van der Waals surface area contributed by atoms with E-state index < -0.39 is 23.7 Å². The van der Waals surface area contributed by atoms with Gasteiger partial charge in [-0.1, -0.05) is 0 Å². The molecule has 1 rings (SSSR count). The SMILES string of the molecule is Cc1cc([C@@H](CC(=O)O)NC(=O)OC(C)(C)C)cs1. The van der Waals surface area contributed by atoms with Gasteiger partial charge in [-0.15, -0.1) is 11.3 Å². The van der Waals surface area contributed by atoms with Crippen molar-refractivity contribution in [2.45, 2.75) is 45.8 Å². The van der Waals surface area contributed by atoms with Gasteiger partial charge >= 0.3 is 12.1 Å². The number of carbonyl (C=O) groups is 2. The van der Waals surface area contributed by atoms with Crippen LogP contribution in [-0.2, 0) is 9.53 Å². The van der Waals surface area contributed by atoms with Crippen LogP contribution in [0.5, 0.6) is 0 Å². The third kappa shape index (κ3) is 5.74. The van der Waals surface area contributed by atoms with Crippen LogP contribution in [0.4, 0.5) is 4.79 Å². The summed E-state index contributed by atoms with van der Waals surface area (Å²) in [6, 6.07) is 1.30. The highest BCUT2D eigenvalue weighted by atomic mass is 32.1. The van der Waals surface area contributed by atoms with Crippen LogP contribution in [0.15, 0.2) is 11.4 Å². The van der Waals surface area contributed by atoms with Gasteiger partial charge in [0.2, 0.25) is 0 Å². The minimum atomic E-state index is -0.968. The highest BCUT2D eigenvalue weighted by Gasteiger charge is 2.22. The molecule has 0 radical (unpaired) electrons. The normalized spacial score (nSPS) is 12.8. The molecule has 0 saturated heterocycles. The fourth-order valence-electron chi connectivity index (χ4n) is 1.52. The lowest BCUT2D eigenvalue weighted by Crippen LogP contribution is -2.35. The van der Waals surface area contributed by atoms with Crippen molar-refractivity contribution in [3.63, 3.8) is 0 Å². The maximum atomic E-state index is 11.7. The van der Waals surface area contributed by atoms with Crippen LogP contribution in [0, 0.1) is 6.92 Å². The Hall–Kier alpha value is -1.56. The van der Waals surface area contributed by atoms with Gasteiger partial charge in [-0.3, -0.25) is 4.79 Å². The van der Waals surface area contributed by atoms with Crippen LogP contribution in [0.1, 0.15) is 43.7 Å². The highest BCUT2D eigenvalue weighted by molar-refractivity contribution is 7.10. The van der Waals surface area contributed by atoms with E-state index in [0.717, 1.165) is 10.4 Å². The molecule has 0 aliphatic heterocycles. The molecule has 19 heavy (non-hydrogen) atoms. The van der Waals surface area contributed by atoms with Gasteiger partial charge in [-0.2, -0.15) is 0 Å². The number of thiophene rings is 1. The molecule has 0 bridgehead atoms. The van der Waals surface area contributed by atoms with Crippen molar-refractivity contribution in [1.82, 2.24) is 5.32 Å². The summed E-state index contributed by atoms with van der Waals surface area (Å²) < 4.78 is 5.14. The first-order chi connectivity index (χ1) is 8.67. The first-order valence-corrected chi connectivity index (χ1v) is 6.81. The molecule has 0 fully saturated rings. The smallest absolute Gasteiger partial charge is 0.408 e. The molecule has 0 aliphatic rings. The van der Waals surface area contributed by atoms with E-state index in [9.17, 15) is 9.59 Å². The molecule has 1 heterocycles. The Morgan fingerprint density at radius 1 is 1.47 bits per heavy atom. The average Bonchev–Trinajstić information content (AvgIpc) is 2.60. The molecule has 0 spiro atoms. The van der Waals surface area contributed by atoms with Gasteiger partial charge in [0, 0.05) is 4.88 Å². The number of carbonyl (C=O) groups excluding carboxylic acids is 1. The Labute approximate surface area is 116 Å². The lowest BCUT2D eigenvalue weighted by Gasteiger charge is -2.22. The molecule has 1 aromatic heterocycles. The molecular weight excluding hydrogens is 266 g/mol. The summed E-state index contributed by atoms with van der Waals surface area (Å²) >= 11 is 1.52. The molecule has 2 N–H and O–H groups in total. The van der Waals surface area contributed by atoms with Crippen molar-refractivity contribution in [3.8, 4) is 0 Å². The Kier molecular flexibility index (Phi) is 4.94. The second-order valence-corrected chi connectivity index (χ2v) is 6.40. The van der Waals surface area contributed by atoms with E-state index in [1.165, 1.54) is 11.3 Å². The number of aryl methyl sites for hydroxylation is 1. The van der Waals surface area contributed by atoms with Crippen LogP contribution in [0.2, 0.25) is 0 Å². The fraction of sp³-hybridized carbons (Fsp3) is 0.538. The van der Waals surface area contributed by atoms with Crippen molar-refractivity contribution in [1.29, 1.82) is 0 Å². The molecular formula is C13H19NO4S. The van der Waals surface area contributed by atoms with E-state index in [0.29, 0.717) is 0 Å². The van der Waals surface area contributed by atoms with Gasteiger partial charge in [0.25, 0.3) is 0 Å². The van der Waals surface area contributed by atoms with E-state index in [4.69, 9.17) is 9.84 Å². The zero-order valence-corrected chi connectivity index (χ0v) is 12.3. The van der Waals surface area contributed by atoms with Crippen LogP contribution >= 0.6 is 11.3 Å². The number of amides is 1. The van der Waals surface area contributed by atoms with Crippen molar-refractivity contribution in [3.05, 3.63) is 21.9 Å². The van der Waals surface area contributed by atoms with Crippen molar-refractivity contribution >= 4 is 23.4 Å². The van der Waals surface area contributed by atoms with E-state index in [1.54, 1.807) is 20.8 Å². The Morgan fingerprint density at radius 2 is 2.11 bits per heavy atom. The summed E-state index contributed by atoms with van der Waals surface area (Å²) in [6.45, 7) is 7.20. The molecule has 0 saturated carbocycles. The van der Waals surface area contributed by atoms with Gasteiger partial charge in [0.1, 0.15) is 5.60 Å². The topological polar surface area (TPSA) is 75.6 Å². The molecule has 106 valence electrons. The predicted octanol–water partition coefficient (Wildman–Crippen LogP) is 3.10. The first-order valence-electron chi connectivity index (χ1n) is 5.94. The van der Waals surface area contributed by atoms with Crippen molar-refractivity contribution in [2.75, 3.05) is 0 Å². The number of rotatable bonds is 4. The second kappa shape index (κ2) is 6.06. The summed E-state index contributed by atoms with van der Waals surface area (Å²) in [5.41, 5.74) is 0.179. The Bertz CT molecular complexity index is 461. The molecule has 1 atom stereocenters. The molecule has 1 aromatic rings. The monoisotopic (exact) mass is 285 g/mol. The third-order valence-electron chi connectivity index (χ3n) is 2.22. The maximum absolute atomic E-state index is 11.7. The van der Waals surface area contributed by atoms with E-state index in [-0.39, 0.29) is 6.42 Å². The van der Waals surface area contributed by atoms with Gasteiger partial charge < -0.3 is 15.2 Å². The molecule has 0 aliphatic carbocycles. The standard InChI is InChI=1S/C13H19NO4S/c1-8-5-9(7-19-8)10(6-11(15)16)14-12(17)18-13(2,3)4/h5,7,10H,6H2,1-4H3,(H,14,17)(H,15,16)/t10-/m1/s1. The van der Waals surface area contributed by atoms with E-state index in [1.807, 2.05) is 18.4 Å². The van der Waals surface area contributed by atoms with Crippen LogP contribution in [-0.4, -0.2) is 22.8 Å². The van der Waals surface area contributed by atoms with Crippen molar-refractivity contribution < 1.29 is 19.4 Å². The van der Waals surface area contributed by atoms with E-state index >= 15 is 0 Å². The number of alkyl carbamates (subject to hydrolysis) is 1. The Morgan fingerprint density at radius 3 is 2.53 bits per heavy atom. The number of carboxylic acid groups (broad SMARTS) is 1. The summed E-state index contributed by atoms with van der Waals surface area (Å²) in [5.74, 6) is -0.968. The Balaban J connectivity index is 2.76. The molecule has 0 aromatic carbocycles. The van der Waals surface area contributed by atoms with Crippen LogP contribution in [0.3, 0.4) is 0 Å². The quantitative estimate of drug-likeness (QED) is 0.891. The lowest BCUT2D eigenvalue weighted by molar-refractivity contribution is -0.137. The number of nitrogens with one attached hydrogen (secondary N) is 1. The molecule has 5 nitrogen and oxygen atoms in total. The molecule has 0 unspecified atom stereocenters. The van der Waals surface area contributed by atoms with E-state index in [2.05, 4.69) is 5.32 Å². The van der Waals surface area contributed by atoms with Crippen molar-refractivity contribution in [2.24, 2.45) is 0 Å². The van der Waals surface area contributed by atoms with Gasteiger partial charge in [0.05, 0.1) is 12.5 Å². The third-order valence-corrected chi connectivity index (χ3v) is 3.10. The summed E-state index contributed by atoms with van der Waals surface area (Å²) in [4.78, 5) is 23.6. The number of carboxylic acids is 1. The van der Waals surface area contributed by atoms with Crippen LogP contribution < -0.4 is 5.32 Å². The zero-order valence-electron chi connectivity index (χ0n) is 11.5. The highest BCUT2D eigenvalue weighted by Crippen LogP contribution is 2.23. The fourth-order valence-corrected chi connectivity index (χ4v) is 2.28. The summed E-state index contributed by atoms with van der Waals surface area (Å²) in [6.07, 6.45) is -0.780. The lowest BCUT2D eigenvalue weighted by atomic mass is 10.1. The molecule has 6 heteroatoms. The summed E-state index contributed by atoms with van der Waals surface area (Å²) in [7, 11) is 0. The largest absolute Gasteiger partial charge is 0.481 e. The van der Waals surface area contributed by atoms with Crippen LogP contribution in [0.25, 0.3) is 0 Å². The molecule has 1 amide bonds. The maximum Gasteiger partial charge on any atom is 0.408 e. The number of ether oxygens (including phenoxy) is 1. The number of hydrogen-bond acceptors (Lipinski definition) is 4. The average molecular weight is 285 g/mol. The minimum Gasteiger partial charge on any atom is -0.481 e. The number of hydrogen-bond donors (Lipinski definition) is 2. The zero-order chi connectivity index (χ0) is 14.6. The predicted molar refractivity (Wildman–Crippen MR) is 73.4 cm³/mol. The van der Waals surface area contributed by atoms with Gasteiger partial charge in [-0.25, -0.2) is 4.79 Å². The minimum absolute atomic E-state index is 0.171. The van der Waals surface area contributed by atoms with Gasteiger partial charge in [0.15, 0.2) is 0 Å². The first kappa shape index (κ1) is 15.5.